The number of rotatable bonds is 6. The molecular weight excluding hydrogens is 317 g/mol. The zero-order chi connectivity index (χ0) is 16.8. The summed E-state index contributed by atoms with van der Waals surface area (Å²) in [5.74, 6) is -0.482. The standard InChI is InChI=1S/C18H19ClFNO2/c1-21(10-3-11-23-2)18(22)14-6-4-13(5-7-14)15-8-9-17(20)16(19)12-15/h4-9,12H,3,10-11H2,1-2H3. The molecule has 0 aliphatic rings. The SMILES string of the molecule is COCCCN(C)C(=O)c1ccc(-c2ccc(F)c(Cl)c2)cc1. The maximum absolute atomic E-state index is 13.2. The highest BCUT2D eigenvalue weighted by Crippen LogP contribution is 2.25. The van der Waals surface area contributed by atoms with Crippen molar-refractivity contribution in [2.75, 3.05) is 27.3 Å². The van der Waals surface area contributed by atoms with E-state index in [0.717, 1.165) is 17.5 Å². The van der Waals surface area contributed by atoms with Crippen molar-refractivity contribution < 1.29 is 13.9 Å². The molecule has 0 aliphatic heterocycles. The molecule has 0 bridgehead atoms. The van der Waals surface area contributed by atoms with Gasteiger partial charge in [0.1, 0.15) is 5.82 Å². The van der Waals surface area contributed by atoms with E-state index in [1.807, 2.05) is 12.1 Å². The van der Waals surface area contributed by atoms with Crippen molar-refractivity contribution in [3.63, 3.8) is 0 Å². The van der Waals surface area contributed by atoms with Crippen LogP contribution in [0.3, 0.4) is 0 Å². The van der Waals surface area contributed by atoms with Crippen molar-refractivity contribution in [2.24, 2.45) is 0 Å². The first-order valence-corrected chi connectivity index (χ1v) is 7.70. The zero-order valence-corrected chi connectivity index (χ0v) is 13.9. The second kappa shape index (κ2) is 8.09. The Hall–Kier alpha value is -1.91. The first kappa shape index (κ1) is 17.4. The van der Waals surface area contributed by atoms with Crippen LogP contribution in [0.5, 0.6) is 0 Å². The summed E-state index contributed by atoms with van der Waals surface area (Å²) in [6.45, 7) is 1.27. The van der Waals surface area contributed by atoms with Gasteiger partial charge in [-0.25, -0.2) is 4.39 Å². The Morgan fingerprint density at radius 3 is 2.43 bits per heavy atom. The van der Waals surface area contributed by atoms with Crippen LogP contribution < -0.4 is 0 Å². The quantitative estimate of drug-likeness (QED) is 0.738. The average molecular weight is 336 g/mol. The van der Waals surface area contributed by atoms with E-state index in [4.69, 9.17) is 16.3 Å². The lowest BCUT2D eigenvalue weighted by molar-refractivity contribution is 0.0779. The van der Waals surface area contributed by atoms with Crippen molar-refractivity contribution >= 4 is 17.5 Å². The van der Waals surface area contributed by atoms with Gasteiger partial charge in [-0.3, -0.25) is 4.79 Å². The van der Waals surface area contributed by atoms with Crippen LogP contribution >= 0.6 is 11.6 Å². The molecule has 0 heterocycles. The number of methoxy groups -OCH3 is 1. The summed E-state index contributed by atoms with van der Waals surface area (Å²) in [5, 5.41) is 0.0838. The molecule has 3 nitrogen and oxygen atoms in total. The molecule has 5 heteroatoms. The Kier molecular flexibility index (Phi) is 6.13. The van der Waals surface area contributed by atoms with Gasteiger partial charge < -0.3 is 9.64 Å². The Balaban J connectivity index is 2.09. The minimum atomic E-state index is -0.445. The van der Waals surface area contributed by atoms with Crippen LogP contribution in [0, 0.1) is 5.82 Å². The normalized spacial score (nSPS) is 10.6. The van der Waals surface area contributed by atoms with Gasteiger partial charge in [-0.05, 0) is 41.8 Å². The van der Waals surface area contributed by atoms with Crippen LogP contribution in [0.4, 0.5) is 4.39 Å². The maximum atomic E-state index is 13.2. The van der Waals surface area contributed by atoms with Crippen LogP contribution in [-0.2, 0) is 4.74 Å². The number of hydrogen-bond acceptors (Lipinski definition) is 2. The van der Waals surface area contributed by atoms with Gasteiger partial charge in [-0.2, -0.15) is 0 Å². The molecule has 0 atom stereocenters. The lowest BCUT2D eigenvalue weighted by atomic mass is 10.0. The van der Waals surface area contributed by atoms with Gasteiger partial charge in [0, 0.05) is 32.9 Å². The third-order valence-corrected chi connectivity index (χ3v) is 3.86. The van der Waals surface area contributed by atoms with Gasteiger partial charge in [-0.1, -0.05) is 29.8 Å². The van der Waals surface area contributed by atoms with E-state index < -0.39 is 5.82 Å². The summed E-state index contributed by atoms with van der Waals surface area (Å²) >= 11 is 5.80. The van der Waals surface area contributed by atoms with E-state index in [2.05, 4.69) is 0 Å². The van der Waals surface area contributed by atoms with Crippen LogP contribution in [0.25, 0.3) is 11.1 Å². The maximum Gasteiger partial charge on any atom is 0.253 e. The van der Waals surface area contributed by atoms with E-state index in [9.17, 15) is 9.18 Å². The van der Waals surface area contributed by atoms with E-state index in [0.29, 0.717) is 18.7 Å². The van der Waals surface area contributed by atoms with Gasteiger partial charge in [0.15, 0.2) is 0 Å². The number of carbonyl (C=O) groups excluding carboxylic acids is 1. The van der Waals surface area contributed by atoms with Crippen molar-refractivity contribution in [1.82, 2.24) is 4.90 Å². The van der Waals surface area contributed by atoms with Gasteiger partial charge >= 0.3 is 0 Å². The Labute approximate surface area is 140 Å². The summed E-state index contributed by atoms with van der Waals surface area (Å²) in [5.41, 5.74) is 2.30. The zero-order valence-electron chi connectivity index (χ0n) is 13.2. The Morgan fingerprint density at radius 2 is 1.83 bits per heavy atom. The molecule has 1 amide bonds. The highest BCUT2D eigenvalue weighted by atomic mass is 35.5. The molecule has 2 aromatic carbocycles. The lowest BCUT2D eigenvalue weighted by Crippen LogP contribution is -2.28. The highest BCUT2D eigenvalue weighted by molar-refractivity contribution is 6.31. The number of halogens is 2. The third kappa shape index (κ3) is 4.53. The second-order valence-corrected chi connectivity index (χ2v) is 5.69. The molecule has 122 valence electrons. The van der Waals surface area contributed by atoms with Crippen LogP contribution in [0.1, 0.15) is 16.8 Å². The largest absolute Gasteiger partial charge is 0.385 e. The van der Waals surface area contributed by atoms with Crippen molar-refractivity contribution in [2.45, 2.75) is 6.42 Å². The third-order valence-electron chi connectivity index (χ3n) is 3.57. The van der Waals surface area contributed by atoms with E-state index >= 15 is 0 Å². The molecule has 0 radical (unpaired) electrons. The molecule has 0 saturated carbocycles. The summed E-state index contributed by atoms with van der Waals surface area (Å²) in [4.78, 5) is 14.0. The fourth-order valence-corrected chi connectivity index (χ4v) is 2.43. The number of benzene rings is 2. The Morgan fingerprint density at radius 1 is 1.17 bits per heavy atom. The monoisotopic (exact) mass is 335 g/mol. The Bertz CT molecular complexity index is 673. The topological polar surface area (TPSA) is 29.5 Å². The number of hydrogen-bond donors (Lipinski definition) is 0. The van der Waals surface area contributed by atoms with E-state index in [-0.39, 0.29) is 10.9 Å². The smallest absolute Gasteiger partial charge is 0.253 e. The van der Waals surface area contributed by atoms with Crippen molar-refractivity contribution in [3.8, 4) is 11.1 Å². The summed E-state index contributed by atoms with van der Waals surface area (Å²) < 4.78 is 18.2. The fourth-order valence-electron chi connectivity index (χ4n) is 2.25. The molecule has 0 aliphatic carbocycles. The predicted octanol–water partition coefficient (Wildman–Crippen LogP) is 4.25. The van der Waals surface area contributed by atoms with Gasteiger partial charge in [0.2, 0.25) is 0 Å². The van der Waals surface area contributed by atoms with Crippen LogP contribution in [0.15, 0.2) is 42.5 Å². The molecular formula is C18H19ClFNO2. The first-order chi connectivity index (χ1) is 11.0. The van der Waals surface area contributed by atoms with Gasteiger partial charge in [-0.15, -0.1) is 0 Å². The molecule has 0 spiro atoms. The lowest BCUT2D eigenvalue weighted by Gasteiger charge is -2.17. The molecule has 0 aromatic heterocycles. The fraction of sp³-hybridized carbons (Fsp3) is 0.278. The minimum absolute atomic E-state index is 0.0372. The van der Waals surface area contributed by atoms with Gasteiger partial charge in [0.05, 0.1) is 5.02 Å². The number of nitrogens with zero attached hydrogens (tertiary/aromatic N) is 1. The summed E-state index contributed by atoms with van der Waals surface area (Å²) in [6.07, 6.45) is 0.797. The predicted molar refractivity (Wildman–Crippen MR) is 90.3 cm³/mol. The number of carbonyl (C=O) groups is 1. The van der Waals surface area contributed by atoms with Crippen molar-refractivity contribution in [1.29, 1.82) is 0 Å². The number of ether oxygens (including phenoxy) is 1. The summed E-state index contributed by atoms with van der Waals surface area (Å²) in [7, 11) is 3.41. The molecule has 0 saturated heterocycles. The molecule has 0 unspecified atom stereocenters. The summed E-state index contributed by atoms with van der Waals surface area (Å²) in [6, 6.07) is 11.8. The van der Waals surface area contributed by atoms with E-state index in [1.54, 1.807) is 43.3 Å². The second-order valence-electron chi connectivity index (χ2n) is 5.28. The first-order valence-electron chi connectivity index (χ1n) is 7.33. The van der Waals surface area contributed by atoms with E-state index in [1.165, 1.54) is 6.07 Å². The van der Waals surface area contributed by atoms with Crippen LogP contribution in [-0.4, -0.2) is 38.1 Å². The number of amides is 1. The average Bonchev–Trinajstić information content (AvgIpc) is 2.57. The molecule has 0 N–H and O–H groups in total. The highest BCUT2D eigenvalue weighted by Gasteiger charge is 2.11. The van der Waals surface area contributed by atoms with Gasteiger partial charge in [0.25, 0.3) is 5.91 Å². The molecule has 2 aromatic rings. The molecule has 23 heavy (non-hydrogen) atoms. The van der Waals surface area contributed by atoms with Crippen LogP contribution in [0.2, 0.25) is 5.02 Å². The van der Waals surface area contributed by atoms with Crippen molar-refractivity contribution in [3.05, 3.63) is 58.9 Å². The minimum Gasteiger partial charge on any atom is -0.385 e. The molecule has 0 fully saturated rings. The molecule has 2 rings (SSSR count).